The molecule has 0 saturated carbocycles. The Morgan fingerprint density at radius 3 is 2.52 bits per heavy atom. The predicted octanol–water partition coefficient (Wildman–Crippen LogP) is 0.317. The van der Waals surface area contributed by atoms with Crippen molar-refractivity contribution in [2.75, 3.05) is 5.73 Å². The zero-order valence-electron chi connectivity index (χ0n) is 11.0. The number of hydrogen-bond donors (Lipinski definition) is 3. The Labute approximate surface area is 118 Å². The maximum atomic E-state index is 12.2. The molecule has 0 unspecified atom stereocenters. The van der Waals surface area contributed by atoms with Crippen molar-refractivity contribution in [2.45, 2.75) is 6.92 Å². The molecule has 0 aliphatic carbocycles. The molecule has 0 radical (unpaired) electrons. The van der Waals surface area contributed by atoms with Crippen LogP contribution in [0.2, 0.25) is 0 Å². The highest BCUT2D eigenvalue weighted by atomic mass is 16.3. The molecule has 3 rings (SSSR count). The van der Waals surface area contributed by atoms with Crippen molar-refractivity contribution >= 4 is 17.6 Å². The largest absolute Gasteiger partial charge is 0.506 e. The molecule has 7 nitrogen and oxygen atoms in total. The van der Waals surface area contributed by atoms with Crippen molar-refractivity contribution in [1.82, 2.24) is 9.88 Å². The molecular formula is C14H11N3O4. The molecule has 0 spiro atoms. The van der Waals surface area contributed by atoms with Gasteiger partial charge in [0.2, 0.25) is 0 Å². The smallest absolute Gasteiger partial charge is 0.262 e. The molecule has 1 aliphatic heterocycles. The lowest BCUT2D eigenvalue weighted by Gasteiger charge is -2.13. The number of anilines is 1. The van der Waals surface area contributed by atoms with Crippen LogP contribution < -0.4 is 16.6 Å². The zero-order valence-corrected chi connectivity index (χ0v) is 11.0. The van der Waals surface area contributed by atoms with E-state index in [1.54, 1.807) is 13.0 Å². The number of fused-ring (bicyclic) bond motifs is 1. The average molecular weight is 285 g/mol. The maximum absolute atomic E-state index is 12.2. The first-order valence-electron chi connectivity index (χ1n) is 6.11. The van der Waals surface area contributed by atoms with E-state index >= 15 is 0 Å². The van der Waals surface area contributed by atoms with Crippen molar-refractivity contribution in [1.29, 1.82) is 0 Å². The summed E-state index contributed by atoms with van der Waals surface area (Å²) in [4.78, 5) is 35.5. The Bertz CT molecular complexity index is 867. The Hall–Kier alpha value is -3.09. The standard InChI is InChI=1S/C14H11N3O4/c1-6-2-3-8(9(18)4-6)17-10(19)5-7-11(12(17)15)14(21)16-13(7)20/h2-5,18H,15H2,1H3,(H,16,20,21). The van der Waals surface area contributed by atoms with Crippen LogP contribution in [0.1, 0.15) is 26.3 Å². The minimum absolute atomic E-state index is 0.0506. The van der Waals surface area contributed by atoms with Crippen molar-refractivity contribution < 1.29 is 14.7 Å². The second kappa shape index (κ2) is 4.20. The fourth-order valence-electron chi connectivity index (χ4n) is 2.35. The number of phenolic OH excluding ortho intramolecular Hbond substituents is 1. The molecule has 0 atom stereocenters. The minimum Gasteiger partial charge on any atom is -0.506 e. The summed E-state index contributed by atoms with van der Waals surface area (Å²) < 4.78 is 1.01. The fraction of sp³-hybridized carbons (Fsp3) is 0.0714. The van der Waals surface area contributed by atoms with Gasteiger partial charge < -0.3 is 10.8 Å². The fourth-order valence-corrected chi connectivity index (χ4v) is 2.35. The Morgan fingerprint density at radius 1 is 1.14 bits per heavy atom. The first kappa shape index (κ1) is 12.9. The molecule has 1 aromatic heterocycles. The lowest BCUT2D eigenvalue weighted by Crippen LogP contribution is -2.24. The van der Waals surface area contributed by atoms with Gasteiger partial charge in [0.25, 0.3) is 17.4 Å². The first-order valence-corrected chi connectivity index (χ1v) is 6.11. The Balaban J connectivity index is 2.35. The van der Waals surface area contributed by atoms with Crippen LogP contribution in [-0.2, 0) is 0 Å². The quantitative estimate of drug-likeness (QED) is 0.653. The maximum Gasteiger partial charge on any atom is 0.262 e. The van der Waals surface area contributed by atoms with E-state index in [2.05, 4.69) is 5.32 Å². The van der Waals surface area contributed by atoms with Gasteiger partial charge in [0, 0.05) is 6.07 Å². The first-order chi connectivity index (χ1) is 9.90. The number of nitrogens with zero attached hydrogens (tertiary/aromatic N) is 1. The summed E-state index contributed by atoms with van der Waals surface area (Å²) in [6, 6.07) is 5.72. The van der Waals surface area contributed by atoms with Crippen LogP contribution in [0, 0.1) is 6.92 Å². The van der Waals surface area contributed by atoms with Crippen LogP contribution in [0.15, 0.2) is 29.1 Å². The lowest BCUT2D eigenvalue weighted by molar-refractivity contribution is 0.0880. The Kier molecular flexibility index (Phi) is 2.59. The third-order valence-corrected chi connectivity index (χ3v) is 3.33. The van der Waals surface area contributed by atoms with E-state index in [1.807, 2.05) is 0 Å². The summed E-state index contributed by atoms with van der Waals surface area (Å²) >= 11 is 0. The van der Waals surface area contributed by atoms with Crippen LogP contribution in [0.5, 0.6) is 5.75 Å². The van der Waals surface area contributed by atoms with Gasteiger partial charge in [-0.15, -0.1) is 0 Å². The number of hydrogen-bond acceptors (Lipinski definition) is 5. The molecule has 106 valence electrons. The van der Waals surface area contributed by atoms with Crippen molar-refractivity contribution in [3.05, 3.63) is 51.3 Å². The molecule has 2 heterocycles. The molecule has 0 fully saturated rings. The number of nitrogen functional groups attached to an aromatic ring is 1. The number of imide groups is 1. The summed E-state index contributed by atoms with van der Waals surface area (Å²) in [5.41, 5.74) is 6.11. The number of carbonyl (C=O) groups excluding carboxylic acids is 2. The predicted molar refractivity (Wildman–Crippen MR) is 74.6 cm³/mol. The highest BCUT2D eigenvalue weighted by Gasteiger charge is 2.32. The van der Waals surface area contributed by atoms with E-state index in [0.29, 0.717) is 0 Å². The van der Waals surface area contributed by atoms with Crippen LogP contribution in [-0.4, -0.2) is 21.5 Å². The van der Waals surface area contributed by atoms with Crippen LogP contribution in [0.3, 0.4) is 0 Å². The number of aryl methyl sites for hydroxylation is 1. The van der Waals surface area contributed by atoms with E-state index in [0.717, 1.165) is 16.2 Å². The van der Waals surface area contributed by atoms with Gasteiger partial charge in [0.1, 0.15) is 11.6 Å². The summed E-state index contributed by atoms with van der Waals surface area (Å²) in [5, 5.41) is 12.1. The summed E-state index contributed by atoms with van der Waals surface area (Å²) in [5.74, 6) is -1.64. The monoisotopic (exact) mass is 285 g/mol. The van der Waals surface area contributed by atoms with Crippen molar-refractivity contribution in [3.8, 4) is 11.4 Å². The molecule has 2 amide bonds. The highest BCUT2D eigenvalue weighted by Crippen LogP contribution is 2.27. The molecule has 4 N–H and O–H groups in total. The van der Waals surface area contributed by atoms with Gasteiger partial charge in [-0.2, -0.15) is 0 Å². The third kappa shape index (κ3) is 1.78. The van der Waals surface area contributed by atoms with E-state index in [4.69, 9.17) is 5.73 Å². The SMILES string of the molecule is Cc1ccc(-n2c(N)c3c(cc2=O)C(=O)NC3=O)c(O)c1. The average Bonchev–Trinajstić information content (AvgIpc) is 2.67. The minimum atomic E-state index is -0.659. The van der Waals surface area contributed by atoms with Gasteiger partial charge in [0.05, 0.1) is 16.8 Å². The van der Waals surface area contributed by atoms with Gasteiger partial charge in [0.15, 0.2) is 0 Å². The van der Waals surface area contributed by atoms with Gasteiger partial charge in [-0.3, -0.25) is 24.3 Å². The number of phenols is 1. The number of pyridine rings is 1. The van der Waals surface area contributed by atoms with Crippen molar-refractivity contribution in [2.24, 2.45) is 0 Å². The van der Waals surface area contributed by atoms with E-state index in [1.165, 1.54) is 12.1 Å². The normalized spacial score (nSPS) is 13.2. The molecule has 0 saturated heterocycles. The van der Waals surface area contributed by atoms with E-state index in [-0.39, 0.29) is 28.4 Å². The number of nitrogens with two attached hydrogens (primary N) is 1. The van der Waals surface area contributed by atoms with Crippen LogP contribution in [0.25, 0.3) is 5.69 Å². The number of benzene rings is 1. The molecule has 2 aromatic rings. The van der Waals surface area contributed by atoms with E-state index < -0.39 is 17.4 Å². The number of aromatic hydroxyl groups is 1. The summed E-state index contributed by atoms with van der Waals surface area (Å²) in [6.07, 6.45) is 0. The van der Waals surface area contributed by atoms with Crippen molar-refractivity contribution in [3.63, 3.8) is 0 Å². The number of rotatable bonds is 1. The number of carbonyl (C=O) groups is 2. The molecule has 1 aromatic carbocycles. The van der Waals surface area contributed by atoms with Gasteiger partial charge in [-0.1, -0.05) is 6.07 Å². The highest BCUT2D eigenvalue weighted by molar-refractivity contribution is 6.23. The second-order valence-corrected chi connectivity index (χ2v) is 4.77. The molecular weight excluding hydrogens is 274 g/mol. The lowest BCUT2D eigenvalue weighted by atomic mass is 10.1. The third-order valence-electron chi connectivity index (χ3n) is 3.33. The van der Waals surface area contributed by atoms with Gasteiger partial charge in [-0.05, 0) is 24.6 Å². The van der Waals surface area contributed by atoms with Gasteiger partial charge in [-0.25, -0.2) is 0 Å². The topological polar surface area (TPSA) is 114 Å². The molecule has 1 aliphatic rings. The van der Waals surface area contributed by atoms with Crippen LogP contribution >= 0.6 is 0 Å². The van der Waals surface area contributed by atoms with Gasteiger partial charge >= 0.3 is 0 Å². The van der Waals surface area contributed by atoms with Crippen LogP contribution in [0.4, 0.5) is 5.82 Å². The number of aromatic nitrogens is 1. The number of nitrogens with one attached hydrogen (secondary N) is 1. The molecule has 7 heteroatoms. The second-order valence-electron chi connectivity index (χ2n) is 4.77. The van der Waals surface area contributed by atoms with E-state index in [9.17, 15) is 19.5 Å². The Morgan fingerprint density at radius 2 is 1.86 bits per heavy atom. The summed E-state index contributed by atoms with van der Waals surface area (Å²) in [7, 11) is 0. The number of amides is 2. The molecule has 0 bridgehead atoms. The zero-order chi connectivity index (χ0) is 15.3. The summed E-state index contributed by atoms with van der Waals surface area (Å²) in [6.45, 7) is 1.78. The molecule has 21 heavy (non-hydrogen) atoms.